The van der Waals surface area contributed by atoms with Crippen molar-refractivity contribution in [3.05, 3.63) is 12.2 Å². The average molecular weight is 712 g/mol. The van der Waals surface area contributed by atoms with E-state index in [4.69, 9.17) is 18.9 Å². The van der Waals surface area contributed by atoms with Gasteiger partial charge in [0.05, 0.1) is 40.3 Å². The molecule has 0 aromatic carbocycles. The topological polar surface area (TPSA) is 111 Å². The predicted octanol–water partition coefficient (Wildman–Crippen LogP) is 8.61. The lowest BCUT2D eigenvalue weighted by molar-refractivity contribution is -0.870. The van der Waals surface area contributed by atoms with Crippen molar-refractivity contribution in [3.63, 3.8) is 0 Å². The molecule has 2 unspecified atom stereocenters. The molecule has 0 spiro atoms. The molecule has 0 heterocycles. The summed E-state index contributed by atoms with van der Waals surface area (Å²) in [4.78, 5) is 36.8. The van der Waals surface area contributed by atoms with Gasteiger partial charge in [-0.2, -0.15) is 0 Å². The number of unbranched alkanes of at least 4 members (excludes halogenated alkanes) is 20. The molecule has 0 fully saturated rings. The number of quaternary nitrogens is 1. The molecule has 0 radical (unpaired) electrons. The first-order valence-electron chi connectivity index (χ1n) is 20.3. The number of allylic oxidation sites excluding steroid dienone is 2. The molecule has 0 aliphatic rings. The summed E-state index contributed by atoms with van der Waals surface area (Å²) in [6.45, 7) is 4.70. The number of likely N-dealkylation sites (N-methyl/N-ethyl adjacent to an activating group) is 1. The number of carboxylic acids is 1. The van der Waals surface area contributed by atoms with Crippen molar-refractivity contribution in [2.75, 3.05) is 47.5 Å². The third kappa shape index (κ3) is 34.5. The molecule has 50 heavy (non-hydrogen) atoms. The van der Waals surface area contributed by atoms with Crippen LogP contribution in [0.3, 0.4) is 0 Å². The average Bonchev–Trinajstić information content (AvgIpc) is 3.06. The molecule has 0 rings (SSSR count). The lowest BCUT2D eigenvalue weighted by atomic mass is 10.0. The zero-order valence-electron chi connectivity index (χ0n) is 33.0. The van der Waals surface area contributed by atoms with Crippen LogP contribution in [-0.4, -0.2) is 82.3 Å². The molecule has 2 atom stereocenters. The van der Waals surface area contributed by atoms with E-state index >= 15 is 0 Å². The normalized spacial score (nSPS) is 13.1. The summed E-state index contributed by atoms with van der Waals surface area (Å²) in [5.41, 5.74) is 0. The first kappa shape index (κ1) is 48.0. The molecular formula is C41H77NO8. The molecule has 0 aromatic heterocycles. The van der Waals surface area contributed by atoms with Crippen LogP contribution in [0.5, 0.6) is 0 Å². The highest BCUT2D eigenvalue weighted by atomic mass is 16.7. The van der Waals surface area contributed by atoms with Crippen molar-refractivity contribution in [2.45, 2.75) is 187 Å². The van der Waals surface area contributed by atoms with E-state index in [9.17, 15) is 19.5 Å². The van der Waals surface area contributed by atoms with Crippen LogP contribution in [0.2, 0.25) is 0 Å². The summed E-state index contributed by atoms with van der Waals surface area (Å²) in [6, 6.07) is 0. The maximum absolute atomic E-state index is 12.7. The van der Waals surface area contributed by atoms with Gasteiger partial charge in [-0.1, -0.05) is 135 Å². The first-order valence-corrected chi connectivity index (χ1v) is 20.3. The van der Waals surface area contributed by atoms with Crippen LogP contribution >= 0.6 is 0 Å². The zero-order chi connectivity index (χ0) is 37.1. The second kappa shape index (κ2) is 34.1. The Labute approximate surface area is 306 Å². The van der Waals surface area contributed by atoms with Crippen LogP contribution in [-0.2, 0) is 33.3 Å². The Morgan fingerprint density at radius 1 is 0.580 bits per heavy atom. The number of rotatable bonds is 37. The van der Waals surface area contributed by atoms with E-state index in [-0.39, 0.29) is 32.2 Å². The van der Waals surface area contributed by atoms with Crippen molar-refractivity contribution in [1.82, 2.24) is 0 Å². The van der Waals surface area contributed by atoms with E-state index < -0.39 is 24.3 Å². The highest BCUT2D eigenvalue weighted by molar-refractivity contribution is 5.70. The summed E-state index contributed by atoms with van der Waals surface area (Å²) >= 11 is 0. The molecule has 294 valence electrons. The van der Waals surface area contributed by atoms with Crippen molar-refractivity contribution >= 4 is 17.9 Å². The highest BCUT2D eigenvalue weighted by Crippen LogP contribution is 2.14. The largest absolute Gasteiger partial charge is 0.545 e. The SMILES string of the molecule is CCCCC/C=C\CCCCCCCC(=O)OC(COC(=O)CCCCCCCCCCCCCCC)COC(OCC[N+](C)(C)C)C(=O)[O-]. The van der Waals surface area contributed by atoms with Gasteiger partial charge in [-0.3, -0.25) is 9.59 Å². The Kier molecular flexibility index (Phi) is 32.8. The predicted molar refractivity (Wildman–Crippen MR) is 200 cm³/mol. The van der Waals surface area contributed by atoms with Gasteiger partial charge in [0.1, 0.15) is 13.2 Å². The van der Waals surface area contributed by atoms with E-state index in [1.54, 1.807) is 0 Å². The van der Waals surface area contributed by atoms with Crippen LogP contribution < -0.4 is 5.11 Å². The number of carbonyl (C=O) groups excluding carboxylic acids is 3. The number of hydrogen-bond donors (Lipinski definition) is 0. The number of nitrogens with zero attached hydrogens (tertiary/aromatic N) is 1. The summed E-state index contributed by atoms with van der Waals surface area (Å²) in [5.74, 6) is -2.29. The van der Waals surface area contributed by atoms with Crippen LogP contribution in [0.1, 0.15) is 174 Å². The lowest BCUT2D eigenvalue weighted by Crippen LogP contribution is -2.44. The summed E-state index contributed by atoms with van der Waals surface area (Å²) in [7, 11) is 5.90. The van der Waals surface area contributed by atoms with Crippen molar-refractivity contribution in [2.24, 2.45) is 0 Å². The molecule has 0 saturated carbocycles. The fraction of sp³-hybridized carbons (Fsp3) is 0.878. The fourth-order valence-electron chi connectivity index (χ4n) is 5.53. The van der Waals surface area contributed by atoms with E-state index in [0.717, 1.165) is 57.8 Å². The van der Waals surface area contributed by atoms with Gasteiger partial charge in [0.25, 0.3) is 0 Å². The van der Waals surface area contributed by atoms with Crippen LogP contribution in [0.25, 0.3) is 0 Å². The lowest BCUT2D eigenvalue weighted by Gasteiger charge is -2.26. The van der Waals surface area contributed by atoms with E-state index in [1.165, 1.54) is 83.5 Å². The molecule has 0 amide bonds. The van der Waals surface area contributed by atoms with Crippen LogP contribution in [0, 0.1) is 0 Å². The van der Waals surface area contributed by atoms with Crippen LogP contribution in [0.4, 0.5) is 0 Å². The minimum atomic E-state index is -1.62. The third-order valence-corrected chi connectivity index (χ3v) is 8.76. The zero-order valence-corrected chi connectivity index (χ0v) is 33.0. The molecule has 0 bridgehead atoms. The van der Waals surface area contributed by atoms with E-state index in [0.29, 0.717) is 23.9 Å². The van der Waals surface area contributed by atoms with Crippen molar-refractivity contribution in [3.8, 4) is 0 Å². The Hall–Kier alpha value is -1.97. The minimum Gasteiger partial charge on any atom is -0.545 e. The number of ether oxygens (including phenoxy) is 4. The summed E-state index contributed by atoms with van der Waals surface area (Å²) in [5, 5.41) is 11.6. The number of carboxylic acid groups (broad SMARTS) is 1. The van der Waals surface area contributed by atoms with Gasteiger partial charge in [0.15, 0.2) is 12.4 Å². The maximum Gasteiger partial charge on any atom is 0.306 e. The fourth-order valence-corrected chi connectivity index (χ4v) is 5.53. The smallest absolute Gasteiger partial charge is 0.306 e. The Morgan fingerprint density at radius 3 is 1.52 bits per heavy atom. The van der Waals surface area contributed by atoms with E-state index in [2.05, 4.69) is 26.0 Å². The Balaban J connectivity index is 4.50. The van der Waals surface area contributed by atoms with Gasteiger partial charge in [0.2, 0.25) is 0 Å². The molecule has 0 saturated heterocycles. The van der Waals surface area contributed by atoms with Crippen molar-refractivity contribution < 1.29 is 42.9 Å². The highest BCUT2D eigenvalue weighted by Gasteiger charge is 2.21. The van der Waals surface area contributed by atoms with Gasteiger partial charge in [-0.15, -0.1) is 0 Å². The van der Waals surface area contributed by atoms with Crippen molar-refractivity contribution in [1.29, 1.82) is 0 Å². The second-order valence-electron chi connectivity index (χ2n) is 14.9. The number of esters is 2. The standard InChI is InChI=1S/C41H77NO8/c1-6-8-10-12-14-16-18-20-22-23-25-27-29-31-38(43)48-35-37(36-49-41(40(45)46)47-34-33-42(3,4)5)50-39(44)32-30-28-26-24-21-19-17-15-13-11-9-7-2/h15,17,37,41H,6-14,16,18-36H2,1-5H3/b17-15-. The summed E-state index contributed by atoms with van der Waals surface area (Å²) < 4.78 is 22.5. The summed E-state index contributed by atoms with van der Waals surface area (Å²) in [6.07, 6.45) is 29.5. The molecule has 0 N–H and O–H groups in total. The van der Waals surface area contributed by atoms with Gasteiger partial charge >= 0.3 is 11.9 Å². The number of aliphatic carboxylic acids is 1. The quantitative estimate of drug-likeness (QED) is 0.0207. The molecule has 0 aliphatic carbocycles. The maximum atomic E-state index is 12.7. The molecule has 9 nitrogen and oxygen atoms in total. The number of hydrogen-bond acceptors (Lipinski definition) is 8. The monoisotopic (exact) mass is 712 g/mol. The Morgan fingerprint density at radius 2 is 1.02 bits per heavy atom. The molecule has 0 aliphatic heterocycles. The van der Waals surface area contributed by atoms with Gasteiger partial charge < -0.3 is 33.3 Å². The molecular weight excluding hydrogens is 634 g/mol. The third-order valence-electron chi connectivity index (χ3n) is 8.76. The second-order valence-corrected chi connectivity index (χ2v) is 14.9. The van der Waals surface area contributed by atoms with E-state index in [1.807, 2.05) is 21.1 Å². The van der Waals surface area contributed by atoms with Gasteiger partial charge in [-0.05, 0) is 38.5 Å². The van der Waals surface area contributed by atoms with Crippen LogP contribution in [0.15, 0.2) is 12.2 Å². The number of carbonyl (C=O) groups is 3. The molecule has 9 heteroatoms. The minimum absolute atomic E-state index is 0.149. The Bertz CT molecular complexity index is 841. The van der Waals surface area contributed by atoms with Gasteiger partial charge in [0, 0.05) is 12.8 Å². The molecule has 0 aromatic rings. The first-order chi connectivity index (χ1) is 24.1. The van der Waals surface area contributed by atoms with Gasteiger partial charge in [-0.25, -0.2) is 0 Å².